The van der Waals surface area contributed by atoms with E-state index in [1.165, 1.54) is 0 Å². The summed E-state index contributed by atoms with van der Waals surface area (Å²) >= 11 is 0. The van der Waals surface area contributed by atoms with Gasteiger partial charge in [-0.25, -0.2) is 9.97 Å². The highest BCUT2D eigenvalue weighted by Gasteiger charge is 2.09. The molecule has 20 heavy (non-hydrogen) atoms. The lowest BCUT2D eigenvalue weighted by Crippen LogP contribution is -2.18. The third-order valence-electron chi connectivity index (χ3n) is 3.21. The van der Waals surface area contributed by atoms with Gasteiger partial charge in [0.2, 0.25) is 0 Å². The number of aryl methyl sites for hydroxylation is 1. The summed E-state index contributed by atoms with van der Waals surface area (Å²) in [7, 11) is 1.87. The van der Waals surface area contributed by atoms with Crippen molar-refractivity contribution in [3.8, 4) is 0 Å². The molecule has 0 aliphatic rings. The van der Waals surface area contributed by atoms with Crippen molar-refractivity contribution in [3.63, 3.8) is 0 Å². The molecule has 0 saturated carbocycles. The van der Waals surface area contributed by atoms with Crippen LogP contribution < -0.4 is 5.32 Å². The van der Waals surface area contributed by atoms with Gasteiger partial charge in [0, 0.05) is 32.5 Å². The van der Waals surface area contributed by atoms with Gasteiger partial charge in [-0.3, -0.25) is 9.36 Å². The van der Waals surface area contributed by atoms with E-state index in [0.717, 1.165) is 29.9 Å². The first-order valence-electron chi connectivity index (χ1n) is 6.58. The normalized spacial score (nSPS) is 12.7. The topological polar surface area (TPSA) is 73.5 Å². The number of anilines is 1. The lowest BCUT2D eigenvalue weighted by Gasteiger charge is -2.13. The Labute approximate surface area is 116 Å². The Bertz CT molecular complexity index is 686. The molecular weight excluding hydrogens is 254 g/mol. The second-order valence-corrected chi connectivity index (χ2v) is 4.94. The van der Waals surface area contributed by atoms with Crippen LogP contribution in [0.15, 0.2) is 31.0 Å². The molecule has 3 heterocycles. The van der Waals surface area contributed by atoms with Gasteiger partial charge in [-0.05, 0) is 12.0 Å². The Morgan fingerprint density at radius 1 is 1.30 bits per heavy atom. The van der Waals surface area contributed by atoms with Crippen molar-refractivity contribution in [2.75, 3.05) is 11.9 Å². The summed E-state index contributed by atoms with van der Waals surface area (Å²) < 4.78 is 3.68. The van der Waals surface area contributed by atoms with Crippen LogP contribution in [0.1, 0.15) is 6.92 Å². The van der Waals surface area contributed by atoms with Crippen LogP contribution in [0.25, 0.3) is 11.0 Å². The highest BCUT2D eigenvalue weighted by atomic mass is 15.3. The Hall–Kier alpha value is -2.44. The van der Waals surface area contributed by atoms with Crippen LogP contribution in [0.4, 0.5) is 5.82 Å². The van der Waals surface area contributed by atoms with Crippen LogP contribution in [0.3, 0.4) is 0 Å². The monoisotopic (exact) mass is 271 g/mol. The summed E-state index contributed by atoms with van der Waals surface area (Å²) in [4.78, 5) is 8.52. The quantitative estimate of drug-likeness (QED) is 0.757. The van der Waals surface area contributed by atoms with E-state index in [4.69, 9.17) is 0 Å². The molecule has 0 saturated heterocycles. The summed E-state index contributed by atoms with van der Waals surface area (Å²) in [6.07, 6.45) is 7.12. The lowest BCUT2D eigenvalue weighted by molar-refractivity contribution is 0.467. The third kappa shape index (κ3) is 2.47. The minimum absolute atomic E-state index is 0.441. The zero-order valence-corrected chi connectivity index (χ0v) is 11.6. The second kappa shape index (κ2) is 5.28. The lowest BCUT2D eigenvalue weighted by atomic mass is 10.2. The first-order valence-corrected chi connectivity index (χ1v) is 6.58. The average Bonchev–Trinajstić information content (AvgIpc) is 3.07. The van der Waals surface area contributed by atoms with E-state index in [1.54, 1.807) is 23.4 Å². The van der Waals surface area contributed by atoms with Crippen molar-refractivity contribution < 1.29 is 0 Å². The molecule has 0 aliphatic carbocycles. The molecule has 0 spiro atoms. The van der Waals surface area contributed by atoms with Gasteiger partial charge >= 0.3 is 0 Å². The maximum atomic E-state index is 4.29. The van der Waals surface area contributed by atoms with E-state index < -0.39 is 0 Å². The van der Waals surface area contributed by atoms with Crippen molar-refractivity contribution in [2.45, 2.75) is 13.5 Å². The van der Waals surface area contributed by atoms with Gasteiger partial charge in [-0.2, -0.15) is 10.2 Å². The van der Waals surface area contributed by atoms with Gasteiger partial charge in [0.25, 0.3) is 0 Å². The second-order valence-electron chi connectivity index (χ2n) is 4.94. The maximum Gasteiger partial charge on any atom is 0.163 e. The van der Waals surface area contributed by atoms with Crippen LogP contribution in [0.2, 0.25) is 0 Å². The van der Waals surface area contributed by atoms with E-state index in [0.29, 0.717) is 5.92 Å². The average molecular weight is 271 g/mol. The molecule has 104 valence electrons. The SMILES string of the molecule is CC(CNc1ncnc2c1cnn2C)Cn1cccn1. The standard InChI is InChI=1S/C13H17N7/c1-10(8-20-5-3-4-17-20)6-14-12-11-7-18-19(2)13(11)16-9-15-12/h3-5,7,9-10H,6,8H2,1-2H3,(H,14,15,16). The number of hydrogen-bond donors (Lipinski definition) is 1. The molecule has 0 aromatic carbocycles. The fraction of sp³-hybridized carbons (Fsp3) is 0.385. The molecule has 3 rings (SSSR count). The van der Waals surface area contributed by atoms with Crippen molar-refractivity contribution in [2.24, 2.45) is 13.0 Å². The number of nitrogens with zero attached hydrogens (tertiary/aromatic N) is 6. The third-order valence-corrected chi connectivity index (χ3v) is 3.21. The fourth-order valence-corrected chi connectivity index (χ4v) is 2.17. The number of aromatic nitrogens is 6. The van der Waals surface area contributed by atoms with Crippen molar-refractivity contribution in [3.05, 3.63) is 31.0 Å². The molecule has 0 fully saturated rings. The largest absolute Gasteiger partial charge is 0.369 e. The molecule has 1 unspecified atom stereocenters. The Balaban J connectivity index is 1.67. The first-order chi connectivity index (χ1) is 9.74. The predicted octanol–water partition coefficient (Wildman–Crippen LogP) is 1.31. The summed E-state index contributed by atoms with van der Waals surface area (Å²) in [6.45, 7) is 3.87. The van der Waals surface area contributed by atoms with Crippen LogP contribution >= 0.6 is 0 Å². The van der Waals surface area contributed by atoms with Crippen molar-refractivity contribution >= 4 is 16.9 Å². The number of fused-ring (bicyclic) bond motifs is 1. The molecular formula is C13H17N7. The van der Waals surface area contributed by atoms with E-state index in [1.807, 2.05) is 24.0 Å². The predicted molar refractivity (Wildman–Crippen MR) is 76.2 cm³/mol. The Kier molecular flexibility index (Phi) is 3.32. The number of rotatable bonds is 5. The zero-order valence-electron chi connectivity index (χ0n) is 11.6. The minimum atomic E-state index is 0.441. The van der Waals surface area contributed by atoms with E-state index in [2.05, 4.69) is 32.4 Å². The molecule has 7 nitrogen and oxygen atoms in total. The van der Waals surface area contributed by atoms with E-state index in [9.17, 15) is 0 Å². The molecule has 1 atom stereocenters. The minimum Gasteiger partial charge on any atom is -0.369 e. The summed E-state index contributed by atoms with van der Waals surface area (Å²) in [6, 6.07) is 1.93. The Morgan fingerprint density at radius 2 is 2.20 bits per heavy atom. The van der Waals surface area contributed by atoms with Crippen molar-refractivity contribution in [1.82, 2.24) is 29.5 Å². The maximum absolute atomic E-state index is 4.29. The Morgan fingerprint density at radius 3 is 3.00 bits per heavy atom. The number of nitrogens with one attached hydrogen (secondary N) is 1. The zero-order chi connectivity index (χ0) is 13.9. The first kappa shape index (κ1) is 12.6. The van der Waals surface area contributed by atoms with E-state index in [-0.39, 0.29) is 0 Å². The fourth-order valence-electron chi connectivity index (χ4n) is 2.17. The van der Waals surface area contributed by atoms with Gasteiger partial charge in [-0.1, -0.05) is 6.92 Å². The summed E-state index contributed by atoms with van der Waals surface area (Å²) in [5, 5.41) is 12.7. The van der Waals surface area contributed by atoms with Gasteiger partial charge < -0.3 is 5.32 Å². The molecule has 3 aromatic rings. The van der Waals surface area contributed by atoms with Crippen LogP contribution in [0.5, 0.6) is 0 Å². The van der Waals surface area contributed by atoms with Crippen molar-refractivity contribution in [1.29, 1.82) is 0 Å². The van der Waals surface area contributed by atoms with Gasteiger partial charge in [-0.15, -0.1) is 0 Å². The van der Waals surface area contributed by atoms with Crippen LogP contribution in [0, 0.1) is 5.92 Å². The van der Waals surface area contributed by atoms with Crippen LogP contribution in [-0.2, 0) is 13.6 Å². The van der Waals surface area contributed by atoms with Gasteiger partial charge in [0.05, 0.1) is 11.6 Å². The highest BCUT2D eigenvalue weighted by Crippen LogP contribution is 2.18. The molecule has 0 radical (unpaired) electrons. The number of hydrogen-bond acceptors (Lipinski definition) is 5. The molecule has 0 amide bonds. The smallest absolute Gasteiger partial charge is 0.163 e. The molecule has 0 bridgehead atoms. The van der Waals surface area contributed by atoms with Gasteiger partial charge in [0.1, 0.15) is 12.1 Å². The molecule has 7 heteroatoms. The van der Waals surface area contributed by atoms with E-state index >= 15 is 0 Å². The highest BCUT2D eigenvalue weighted by molar-refractivity contribution is 5.85. The molecule has 1 N–H and O–H groups in total. The molecule has 0 aliphatic heterocycles. The molecule has 3 aromatic heterocycles. The summed E-state index contributed by atoms with van der Waals surface area (Å²) in [5.41, 5.74) is 0.835. The van der Waals surface area contributed by atoms with Gasteiger partial charge in [0.15, 0.2) is 5.65 Å². The summed E-state index contributed by atoms with van der Waals surface area (Å²) in [5.74, 6) is 1.27. The van der Waals surface area contributed by atoms with Crippen LogP contribution in [-0.4, -0.2) is 36.1 Å².